The van der Waals surface area contributed by atoms with Crippen molar-refractivity contribution < 1.29 is 10.4 Å². The van der Waals surface area contributed by atoms with Crippen LogP contribution in [0.15, 0.2) is 9.95 Å². The smallest absolute Gasteiger partial charge is 0.349 e. The summed E-state index contributed by atoms with van der Waals surface area (Å²) in [5.74, 6) is -0.289. The molecule has 0 aliphatic carbocycles. The fourth-order valence-corrected chi connectivity index (χ4v) is 0.567. The molecule has 0 spiro atoms. The standard InChI is InChI=1S/C4H5N5O3/c10-4-7-2(1-5-11)6-3(8-4)9-12/h1,11-12H,(H2,6,7,8,9,10)/b5-1+. The van der Waals surface area contributed by atoms with E-state index in [-0.39, 0.29) is 11.8 Å². The van der Waals surface area contributed by atoms with E-state index in [0.29, 0.717) is 0 Å². The van der Waals surface area contributed by atoms with Gasteiger partial charge in [0.2, 0.25) is 0 Å². The molecule has 0 amide bonds. The van der Waals surface area contributed by atoms with Crippen molar-refractivity contribution in [2.45, 2.75) is 0 Å². The number of rotatable bonds is 2. The fraction of sp³-hybridized carbons (Fsp3) is 0. The minimum atomic E-state index is -0.712. The quantitative estimate of drug-likeness (QED) is 0.251. The summed E-state index contributed by atoms with van der Waals surface area (Å²) in [7, 11) is 0. The van der Waals surface area contributed by atoms with Gasteiger partial charge in [0.25, 0.3) is 5.95 Å². The zero-order valence-corrected chi connectivity index (χ0v) is 5.72. The van der Waals surface area contributed by atoms with Crippen molar-refractivity contribution in [3.63, 3.8) is 0 Å². The lowest BCUT2D eigenvalue weighted by Crippen LogP contribution is -2.17. The zero-order valence-electron chi connectivity index (χ0n) is 5.72. The molecule has 0 saturated heterocycles. The summed E-state index contributed by atoms with van der Waals surface area (Å²) >= 11 is 0. The molecule has 0 atom stereocenters. The van der Waals surface area contributed by atoms with Crippen molar-refractivity contribution in [3.8, 4) is 0 Å². The maximum atomic E-state index is 10.6. The summed E-state index contributed by atoms with van der Waals surface area (Å²) < 4.78 is 0. The molecule has 0 radical (unpaired) electrons. The monoisotopic (exact) mass is 171 g/mol. The van der Waals surface area contributed by atoms with Crippen LogP contribution in [0.25, 0.3) is 0 Å². The predicted octanol–water partition coefficient (Wildman–Crippen LogP) is -1.23. The predicted molar refractivity (Wildman–Crippen MR) is 37.4 cm³/mol. The molecule has 4 N–H and O–H groups in total. The molecule has 0 aliphatic heterocycles. The fourth-order valence-electron chi connectivity index (χ4n) is 0.567. The number of nitrogens with one attached hydrogen (secondary N) is 2. The molecule has 1 aromatic rings. The first-order valence-electron chi connectivity index (χ1n) is 2.82. The molecule has 0 aliphatic rings. The molecular weight excluding hydrogens is 166 g/mol. The molecule has 8 heteroatoms. The molecule has 64 valence electrons. The molecule has 12 heavy (non-hydrogen) atoms. The van der Waals surface area contributed by atoms with E-state index in [2.05, 4.69) is 20.1 Å². The molecule has 0 fully saturated rings. The van der Waals surface area contributed by atoms with Crippen molar-refractivity contribution in [2.24, 2.45) is 5.16 Å². The molecule has 0 saturated carbocycles. The van der Waals surface area contributed by atoms with E-state index < -0.39 is 5.69 Å². The van der Waals surface area contributed by atoms with Gasteiger partial charge in [-0.2, -0.15) is 9.97 Å². The van der Waals surface area contributed by atoms with Gasteiger partial charge in [-0.1, -0.05) is 5.16 Å². The second-order valence-corrected chi connectivity index (χ2v) is 1.72. The van der Waals surface area contributed by atoms with Crippen LogP contribution in [0.3, 0.4) is 0 Å². The van der Waals surface area contributed by atoms with Crippen LogP contribution in [-0.4, -0.2) is 31.6 Å². The molecule has 1 aromatic heterocycles. The first-order valence-corrected chi connectivity index (χ1v) is 2.82. The van der Waals surface area contributed by atoms with Crippen LogP contribution in [0.5, 0.6) is 0 Å². The maximum Gasteiger partial charge on any atom is 0.349 e. The molecule has 0 aromatic carbocycles. The Morgan fingerprint density at radius 2 is 2.33 bits per heavy atom. The lowest BCUT2D eigenvalue weighted by Gasteiger charge is -1.95. The van der Waals surface area contributed by atoms with E-state index in [1.165, 1.54) is 0 Å². The van der Waals surface area contributed by atoms with Crippen molar-refractivity contribution in [2.75, 3.05) is 5.48 Å². The van der Waals surface area contributed by atoms with Crippen LogP contribution in [0, 0.1) is 0 Å². The van der Waals surface area contributed by atoms with Gasteiger partial charge in [-0.25, -0.2) is 10.3 Å². The number of aromatic amines is 1. The van der Waals surface area contributed by atoms with Gasteiger partial charge in [-0.05, 0) is 0 Å². The average molecular weight is 171 g/mol. The Kier molecular flexibility index (Phi) is 2.33. The maximum absolute atomic E-state index is 10.6. The highest BCUT2D eigenvalue weighted by atomic mass is 16.5. The average Bonchev–Trinajstić information content (AvgIpc) is 2.04. The van der Waals surface area contributed by atoms with Crippen molar-refractivity contribution in [1.82, 2.24) is 15.0 Å². The van der Waals surface area contributed by atoms with Crippen molar-refractivity contribution >= 4 is 12.2 Å². The second-order valence-electron chi connectivity index (χ2n) is 1.72. The van der Waals surface area contributed by atoms with E-state index in [1.54, 1.807) is 5.48 Å². The van der Waals surface area contributed by atoms with Gasteiger partial charge < -0.3 is 5.21 Å². The normalized spacial score (nSPS) is 10.4. The van der Waals surface area contributed by atoms with Gasteiger partial charge in [-0.15, -0.1) is 0 Å². The molecule has 1 heterocycles. The Bertz CT molecular complexity index is 345. The number of nitrogens with zero attached hydrogens (tertiary/aromatic N) is 3. The van der Waals surface area contributed by atoms with Gasteiger partial charge in [0, 0.05) is 0 Å². The largest absolute Gasteiger partial charge is 0.411 e. The van der Waals surface area contributed by atoms with Gasteiger partial charge in [0.05, 0.1) is 0 Å². The summed E-state index contributed by atoms with van der Waals surface area (Å²) in [6, 6.07) is 0. The van der Waals surface area contributed by atoms with E-state index in [9.17, 15) is 4.79 Å². The number of H-pyrrole nitrogens is 1. The van der Waals surface area contributed by atoms with Gasteiger partial charge in [-0.3, -0.25) is 10.2 Å². The summed E-state index contributed by atoms with van der Waals surface area (Å²) in [4.78, 5) is 19.5. The van der Waals surface area contributed by atoms with Crippen LogP contribution in [0.2, 0.25) is 0 Å². The molecule has 8 nitrogen and oxygen atoms in total. The Hall–Kier alpha value is -1.96. The van der Waals surface area contributed by atoms with E-state index in [0.717, 1.165) is 6.21 Å². The lowest BCUT2D eigenvalue weighted by molar-refractivity contribution is 0.321. The topological polar surface area (TPSA) is 123 Å². The highest BCUT2D eigenvalue weighted by molar-refractivity contribution is 5.73. The number of anilines is 1. The highest BCUT2D eigenvalue weighted by Gasteiger charge is 1.98. The minimum Gasteiger partial charge on any atom is -0.411 e. The SMILES string of the molecule is O=c1nc(NO)nc(/C=N/O)[nH]1. The second kappa shape index (κ2) is 3.44. The summed E-state index contributed by atoms with van der Waals surface area (Å²) in [6.07, 6.45) is 0.893. The third-order valence-electron chi connectivity index (χ3n) is 0.949. The molecular formula is C4H5N5O3. The van der Waals surface area contributed by atoms with E-state index in [4.69, 9.17) is 10.4 Å². The zero-order chi connectivity index (χ0) is 8.97. The van der Waals surface area contributed by atoms with Gasteiger partial charge >= 0.3 is 5.69 Å². The highest BCUT2D eigenvalue weighted by Crippen LogP contribution is 1.88. The molecule has 1 rings (SSSR count). The van der Waals surface area contributed by atoms with Crippen LogP contribution < -0.4 is 11.2 Å². The third kappa shape index (κ3) is 1.76. The first kappa shape index (κ1) is 8.14. The van der Waals surface area contributed by atoms with Crippen molar-refractivity contribution in [1.29, 1.82) is 0 Å². The number of oxime groups is 1. The summed E-state index contributed by atoms with van der Waals surface area (Å²) in [5, 5.41) is 19.0. The number of aromatic nitrogens is 3. The molecule has 0 bridgehead atoms. The first-order chi connectivity index (χ1) is 5.76. The van der Waals surface area contributed by atoms with Crippen LogP contribution >= 0.6 is 0 Å². The Labute approximate surface area is 65.6 Å². The number of hydrogen-bond donors (Lipinski definition) is 4. The third-order valence-corrected chi connectivity index (χ3v) is 0.949. The van der Waals surface area contributed by atoms with E-state index in [1.807, 2.05) is 0 Å². The Balaban J connectivity index is 3.15. The number of hydrogen-bond acceptors (Lipinski definition) is 7. The lowest BCUT2D eigenvalue weighted by atomic mass is 10.6. The van der Waals surface area contributed by atoms with Gasteiger partial charge in [0.15, 0.2) is 5.82 Å². The summed E-state index contributed by atoms with van der Waals surface area (Å²) in [5.41, 5.74) is 0.869. The van der Waals surface area contributed by atoms with Crippen LogP contribution in [0.1, 0.15) is 5.82 Å². The Morgan fingerprint density at radius 3 is 2.92 bits per heavy atom. The van der Waals surface area contributed by atoms with E-state index >= 15 is 0 Å². The van der Waals surface area contributed by atoms with Crippen molar-refractivity contribution in [3.05, 3.63) is 16.3 Å². The minimum absolute atomic E-state index is 0.0194. The summed E-state index contributed by atoms with van der Waals surface area (Å²) in [6.45, 7) is 0. The van der Waals surface area contributed by atoms with Gasteiger partial charge in [0.1, 0.15) is 6.21 Å². The Morgan fingerprint density at radius 1 is 1.58 bits per heavy atom. The van der Waals surface area contributed by atoms with Crippen LogP contribution in [0.4, 0.5) is 5.95 Å². The van der Waals surface area contributed by atoms with Crippen LogP contribution in [-0.2, 0) is 0 Å². The molecule has 0 unspecified atom stereocenters.